The number of aliphatic imine (C=N–C) groups is 1. The lowest BCUT2D eigenvalue weighted by atomic mass is 9.75. The van der Waals surface area contributed by atoms with Crippen LogP contribution in [0.25, 0.3) is 11.3 Å². The summed E-state index contributed by atoms with van der Waals surface area (Å²) in [6, 6.07) is 13.6. The number of hydrogen-bond acceptors (Lipinski definition) is 6. The molecule has 0 aliphatic carbocycles. The molecule has 164 valence electrons. The molecular weight excluding hydrogens is 432 g/mol. The number of aryl methyl sites for hydroxylation is 1. The molecule has 0 spiro atoms. The molecule has 2 heterocycles. The number of fused-ring (bicyclic) bond motifs is 1. The lowest BCUT2D eigenvalue weighted by Gasteiger charge is -2.30. The van der Waals surface area contributed by atoms with E-state index in [0.29, 0.717) is 33.4 Å². The number of esters is 1. The fourth-order valence-electron chi connectivity index (χ4n) is 4.17. The second-order valence-corrected chi connectivity index (χ2v) is 7.97. The fraction of sp³-hybridized carbons (Fsp3) is 0.261. The fourth-order valence-corrected chi connectivity index (χ4v) is 4.36. The standard InChI is InChI=1S/C23H21ClN4O4/c1-4-32-23(29)18-13(2)25-22-20(19(18)14-7-6-10-17(12-14)28(30)31)21(26-27(22)3)15-8-5-9-16(24)11-15/h5-12,18-19H,4H2,1-3H3. The number of carbonyl (C=O) groups is 1. The van der Waals surface area contributed by atoms with Crippen molar-refractivity contribution in [2.24, 2.45) is 18.0 Å². The third kappa shape index (κ3) is 3.78. The van der Waals surface area contributed by atoms with Crippen molar-refractivity contribution in [3.63, 3.8) is 0 Å². The van der Waals surface area contributed by atoms with Crippen molar-refractivity contribution in [1.82, 2.24) is 9.78 Å². The number of carbonyl (C=O) groups excluding carboxylic acids is 1. The number of benzene rings is 2. The lowest BCUT2D eigenvalue weighted by molar-refractivity contribution is -0.384. The van der Waals surface area contributed by atoms with Crippen LogP contribution in [0.15, 0.2) is 53.5 Å². The number of halogens is 1. The van der Waals surface area contributed by atoms with E-state index in [-0.39, 0.29) is 12.3 Å². The molecule has 8 nitrogen and oxygen atoms in total. The molecule has 2 atom stereocenters. The van der Waals surface area contributed by atoms with Crippen LogP contribution in [-0.2, 0) is 16.6 Å². The summed E-state index contributed by atoms with van der Waals surface area (Å²) >= 11 is 6.23. The van der Waals surface area contributed by atoms with Gasteiger partial charge in [0.2, 0.25) is 0 Å². The van der Waals surface area contributed by atoms with Crippen molar-refractivity contribution in [2.75, 3.05) is 6.61 Å². The van der Waals surface area contributed by atoms with Gasteiger partial charge < -0.3 is 4.74 Å². The van der Waals surface area contributed by atoms with E-state index in [1.54, 1.807) is 49.8 Å². The minimum Gasteiger partial charge on any atom is -0.465 e. The number of ether oxygens (including phenoxy) is 1. The summed E-state index contributed by atoms with van der Waals surface area (Å²) < 4.78 is 7.02. The average molecular weight is 453 g/mol. The number of aromatic nitrogens is 2. The number of nitrogens with zero attached hydrogens (tertiary/aromatic N) is 4. The number of rotatable bonds is 5. The van der Waals surface area contributed by atoms with Crippen LogP contribution in [-0.4, -0.2) is 33.0 Å². The topological polar surface area (TPSA) is 99.6 Å². The van der Waals surface area contributed by atoms with Gasteiger partial charge in [-0.25, -0.2) is 4.99 Å². The highest BCUT2D eigenvalue weighted by Gasteiger charge is 2.42. The molecule has 0 radical (unpaired) electrons. The van der Waals surface area contributed by atoms with Crippen molar-refractivity contribution in [3.8, 4) is 11.3 Å². The van der Waals surface area contributed by atoms with Gasteiger partial charge in [-0.2, -0.15) is 5.10 Å². The number of hydrogen-bond donors (Lipinski definition) is 0. The molecule has 0 N–H and O–H groups in total. The molecule has 3 aromatic rings. The Morgan fingerprint density at radius 3 is 2.69 bits per heavy atom. The van der Waals surface area contributed by atoms with Crippen molar-refractivity contribution in [2.45, 2.75) is 19.8 Å². The quantitative estimate of drug-likeness (QED) is 0.306. The minimum atomic E-state index is -0.744. The van der Waals surface area contributed by atoms with Gasteiger partial charge >= 0.3 is 5.97 Å². The molecule has 1 aliphatic rings. The van der Waals surface area contributed by atoms with Gasteiger partial charge in [0.25, 0.3) is 5.69 Å². The first-order chi connectivity index (χ1) is 15.3. The van der Waals surface area contributed by atoms with Gasteiger partial charge in [-0.15, -0.1) is 0 Å². The van der Waals surface area contributed by atoms with Gasteiger partial charge in [0.15, 0.2) is 5.82 Å². The molecule has 0 fully saturated rings. The van der Waals surface area contributed by atoms with Crippen LogP contribution in [0, 0.1) is 16.0 Å². The van der Waals surface area contributed by atoms with Crippen molar-refractivity contribution < 1.29 is 14.5 Å². The SMILES string of the molecule is CCOC(=O)C1C(C)=Nc2c(c(-c3cccc(Cl)c3)nn2C)C1c1cccc([N+](=O)[O-])c1. The van der Waals surface area contributed by atoms with E-state index in [2.05, 4.69) is 10.1 Å². The maximum atomic E-state index is 13.0. The van der Waals surface area contributed by atoms with Crippen LogP contribution >= 0.6 is 11.6 Å². The summed E-state index contributed by atoms with van der Waals surface area (Å²) in [5.41, 5.74) is 3.21. The van der Waals surface area contributed by atoms with Crippen LogP contribution in [0.1, 0.15) is 30.9 Å². The molecule has 2 unspecified atom stereocenters. The highest BCUT2D eigenvalue weighted by molar-refractivity contribution is 6.30. The predicted molar refractivity (Wildman–Crippen MR) is 121 cm³/mol. The molecule has 4 rings (SSSR count). The predicted octanol–water partition coefficient (Wildman–Crippen LogP) is 5.07. The zero-order chi connectivity index (χ0) is 23.0. The second kappa shape index (κ2) is 8.55. The maximum Gasteiger partial charge on any atom is 0.315 e. The van der Waals surface area contributed by atoms with E-state index in [9.17, 15) is 14.9 Å². The molecule has 0 saturated heterocycles. The summed E-state index contributed by atoms with van der Waals surface area (Å²) in [6.45, 7) is 3.72. The van der Waals surface area contributed by atoms with Crippen LogP contribution in [0.3, 0.4) is 0 Å². The minimum absolute atomic E-state index is 0.0555. The molecule has 1 aliphatic heterocycles. The summed E-state index contributed by atoms with van der Waals surface area (Å²) in [7, 11) is 1.78. The summed E-state index contributed by atoms with van der Waals surface area (Å²) in [5, 5.41) is 16.7. The Hall–Kier alpha value is -3.52. The van der Waals surface area contributed by atoms with Crippen molar-refractivity contribution in [3.05, 3.63) is 74.8 Å². The highest BCUT2D eigenvalue weighted by Crippen LogP contribution is 2.47. The Labute approximate surface area is 189 Å². The first-order valence-electron chi connectivity index (χ1n) is 10.1. The first-order valence-corrected chi connectivity index (χ1v) is 10.5. The van der Waals surface area contributed by atoms with E-state index in [1.807, 2.05) is 12.1 Å². The number of nitro benzene ring substituents is 1. The van der Waals surface area contributed by atoms with Crippen LogP contribution in [0.2, 0.25) is 5.02 Å². The molecule has 9 heteroatoms. The third-order valence-electron chi connectivity index (χ3n) is 5.51. The molecule has 0 saturated carbocycles. The molecule has 32 heavy (non-hydrogen) atoms. The molecule has 2 aromatic carbocycles. The maximum absolute atomic E-state index is 13.0. The Bertz CT molecular complexity index is 1250. The Balaban J connectivity index is 2.00. The van der Waals surface area contributed by atoms with E-state index >= 15 is 0 Å². The van der Waals surface area contributed by atoms with Gasteiger partial charge in [0, 0.05) is 47.0 Å². The van der Waals surface area contributed by atoms with Crippen molar-refractivity contribution in [1.29, 1.82) is 0 Å². The van der Waals surface area contributed by atoms with Gasteiger partial charge in [-0.3, -0.25) is 19.6 Å². The van der Waals surface area contributed by atoms with Gasteiger partial charge in [0.05, 0.1) is 17.2 Å². The Morgan fingerprint density at radius 1 is 1.25 bits per heavy atom. The smallest absolute Gasteiger partial charge is 0.315 e. The lowest BCUT2D eigenvalue weighted by Crippen LogP contribution is -2.33. The summed E-state index contributed by atoms with van der Waals surface area (Å²) in [6.07, 6.45) is 0. The summed E-state index contributed by atoms with van der Waals surface area (Å²) in [4.78, 5) is 28.7. The van der Waals surface area contributed by atoms with Crippen LogP contribution in [0.4, 0.5) is 11.5 Å². The molecular formula is C23H21ClN4O4. The second-order valence-electron chi connectivity index (χ2n) is 7.53. The normalized spacial score (nSPS) is 17.4. The van der Waals surface area contributed by atoms with Gasteiger partial charge in [-0.05, 0) is 31.5 Å². The van der Waals surface area contributed by atoms with Crippen molar-refractivity contribution >= 4 is 34.8 Å². The van der Waals surface area contributed by atoms with E-state index in [4.69, 9.17) is 16.3 Å². The molecule has 0 amide bonds. The zero-order valence-corrected chi connectivity index (χ0v) is 18.5. The monoisotopic (exact) mass is 452 g/mol. The number of nitro groups is 1. The molecule has 1 aromatic heterocycles. The first kappa shape index (κ1) is 21.7. The van der Waals surface area contributed by atoms with Gasteiger partial charge in [-0.1, -0.05) is 35.9 Å². The Kier molecular flexibility index (Phi) is 5.80. The number of non-ortho nitro benzene ring substituents is 1. The zero-order valence-electron chi connectivity index (χ0n) is 17.8. The Morgan fingerprint density at radius 2 is 2.00 bits per heavy atom. The third-order valence-corrected chi connectivity index (χ3v) is 5.74. The van der Waals surface area contributed by atoms with E-state index < -0.39 is 22.7 Å². The average Bonchev–Trinajstić information content (AvgIpc) is 3.09. The largest absolute Gasteiger partial charge is 0.465 e. The molecule has 0 bridgehead atoms. The van der Waals surface area contributed by atoms with E-state index in [1.165, 1.54) is 12.1 Å². The highest BCUT2D eigenvalue weighted by atomic mass is 35.5. The van der Waals surface area contributed by atoms with Crippen LogP contribution < -0.4 is 0 Å². The van der Waals surface area contributed by atoms with Gasteiger partial charge in [0.1, 0.15) is 5.92 Å². The van der Waals surface area contributed by atoms with E-state index in [0.717, 1.165) is 5.56 Å². The summed E-state index contributed by atoms with van der Waals surface area (Å²) in [5.74, 6) is -1.15. The van der Waals surface area contributed by atoms with Crippen LogP contribution in [0.5, 0.6) is 0 Å².